The topological polar surface area (TPSA) is 73.9 Å². The molecule has 1 N–H and O–H groups in total. The lowest BCUT2D eigenvalue weighted by molar-refractivity contribution is -0.155. The first-order valence-electron chi connectivity index (χ1n) is 8.23. The largest absolute Gasteiger partial charge is 0.497 e. The lowest BCUT2D eigenvalue weighted by atomic mass is 10.1. The van der Waals surface area contributed by atoms with Crippen LogP contribution in [0.25, 0.3) is 0 Å². The van der Waals surface area contributed by atoms with E-state index in [1.165, 1.54) is 6.92 Å². The highest BCUT2D eigenvalue weighted by Gasteiger charge is 2.18. The molecule has 0 saturated carbocycles. The number of methoxy groups -OCH3 is 1. The highest BCUT2D eigenvalue weighted by atomic mass is 16.6. The molecular formula is C20H23NO5. The number of esters is 1. The summed E-state index contributed by atoms with van der Waals surface area (Å²) in [6.45, 7) is 5.14. The summed E-state index contributed by atoms with van der Waals surface area (Å²) in [6, 6.07) is 12.6. The molecule has 0 saturated heterocycles. The van der Waals surface area contributed by atoms with Crippen LogP contribution in [0.5, 0.6) is 11.5 Å². The summed E-state index contributed by atoms with van der Waals surface area (Å²) in [5.41, 5.74) is 2.64. The smallest absolute Gasteiger partial charge is 0.344 e. The second-order valence-corrected chi connectivity index (χ2v) is 5.97. The molecule has 1 atom stereocenters. The number of nitrogens with one attached hydrogen (secondary N) is 1. The van der Waals surface area contributed by atoms with Crippen LogP contribution in [0.1, 0.15) is 18.1 Å². The normalized spacial score (nSPS) is 11.4. The fourth-order valence-corrected chi connectivity index (χ4v) is 2.39. The summed E-state index contributed by atoms with van der Waals surface area (Å²) >= 11 is 0. The summed E-state index contributed by atoms with van der Waals surface area (Å²) in [6.07, 6.45) is -0.948. The van der Waals surface area contributed by atoms with Gasteiger partial charge >= 0.3 is 5.97 Å². The molecule has 6 heteroatoms. The number of benzene rings is 2. The molecule has 1 amide bonds. The molecule has 0 spiro atoms. The molecule has 0 unspecified atom stereocenters. The van der Waals surface area contributed by atoms with Gasteiger partial charge in [-0.15, -0.1) is 0 Å². The van der Waals surface area contributed by atoms with Crippen molar-refractivity contribution in [1.82, 2.24) is 0 Å². The Morgan fingerprint density at radius 1 is 1.04 bits per heavy atom. The molecule has 0 fully saturated rings. The number of ether oxygens (including phenoxy) is 3. The van der Waals surface area contributed by atoms with Crippen molar-refractivity contribution in [3.05, 3.63) is 53.6 Å². The van der Waals surface area contributed by atoms with Crippen molar-refractivity contribution < 1.29 is 23.8 Å². The number of aryl methyl sites for hydroxylation is 2. The summed E-state index contributed by atoms with van der Waals surface area (Å²) in [4.78, 5) is 24.0. The van der Waals surface area contributed by atoms with Gasteiger partial charge in [-0.05, 0) is 56.2 Å². The molecule has 0 radical (unpaired) electrons. The Labute approximate surface area is 153 Å². The highest BCUT2D eigenvalue weighted by molar-refractivity contribution is 5.95. The summed E-state index contributed by atoms with van der Waals surface area (Å²) in [5.74, 6) is 0.165. The first-order chi connectivity index (χ1) is 12.4. The van der Waals surface area contributed by atoms with Crippen molar-refractivity contribution in [3.63, 3.8) is 0 Å². The van der Waals surface area contributed by atoms with E-state index in [0.717, 1.165) is 11.1 Å². The monoisotopic (exact) mass is 357 g/mol. The Hall–Kier alpha value is -3.02. The van der Waals surface area contributed by atoms with Crippen LogP contribution >= 0.6 is 0 Å². The van der Waals surface area contributed by atoms with E-state index < -0.39 is 18.0 Å². The van der Waals surface area contributed by atoms with E-state index in [9.17, 15) is 9.59 Å². The number of hydrogen-bond donors (Lipinski definition) is 1. The summed E-state index contributed by atoms with van der Waals surface area (Å²) in [7, 11) is 1.54. The van der Waals surface area contributed by atoms with Gasteiger partial charge in [-0.1, -0.05) is 12.1 Å². The molecule has 0 aromatic heterocycles. The van der Waals surface area contributed by atoms with Crippen LogP contribution in [0.4, 0.5) is 5.69 Å². The maximum absolute atomic E-state index is 12.1. The zero-order valence-corrected chi connectivity index (χ0v) is 15.4. The van der Waals surface area contributed by atoms with Crippen LogP contribution in [0, 0.1) is 13.8 Å². The highest BCUT2D eigenvalue weighted by Crippen LogP contribution is 2.18. The van der Waals surface area contributed by atoms with Crippen molar-refractivity contribution in [2.24, 2.45) is 0 Å². The third-order valence-corrected chi connectivity index (χ3v) is 3.57. The minimum Gasteiger partial charge on any atom is -0.497 e. The zero-order valence-electron chi connectivity index (χ0n) is 15.4. The number of anilines is 1. The van der Waals surface area contributed by atoms with E-state index >= 15 is 0 Å². The molecule has 0 aliphatic heterocycles. The van der Waals surface area contributed by atoms with Gasteiger partial charge in [0.1, 0.15) is 11.5 Å². The third kappa shape index (κ3) is 5.81. The van der Waals surface area contributed by atoms with Crippen molar-refractivity contribution in [2.45, 2.75) is 26.9 Å². The van der Waals surface area contributed by atoms with Crippen LogP contribution < -0.4 is 14.8 Å². The van der Waals surface area contributed by atoms with Crippen LogP contribution in [-0.2, 0) is 14.3 Å². The maximum Gasteiger partial charge on any atom is 0.344 e. The molecule has 26 heavy (non-hydrogen) atoms. The lowest BCUT2D eigenvalue weighted by Gasteiger charge is -2.14. The Bertz CT molecular complexity index is 767. The molecular weight excluding hydrogens is 334 g/mol. The zero-order chi connectivity index (χ0) is 19.1. The first-order valence-corrected chi connectivity index (χ1v) is 8.23. The van der Waals surface area contributed by atoms with Crippen molar-refractivity contribution in [1.29, 1.82) is 0 Å². The van der Waals surface area contributed by atoms with Gasteiger partial charge < -0.3 is 19.5 Å². The van der Waals surface area contributed by atoms with Gasteiger partial charge in [-0.3, -0.25) is 4.79 Å². The van der Waals surface area contributed by atoms with Crippen molar-refractivity contribution in [3.8, 4) is 11.5 Å². The van der Waals surface area contributed by atoms with Gasteiger partial charge in [0.2, 0.25) is 0 Å². The van der Waals surface area contributed by atoms with Crippen LogP contribution in [-0.4, -0.2) is 31.7 Å². The molecule has 2 rings (SSSR count). The minimum atomic E-state index is -0.948. The van der Waals surface area contributed by atoms with Gasteiger partial charge in [-0.2, -0.15) is 0 Å². The second kappa shape index (κ2) is 8.89. The van der Waals surface area contributed by atoms with Crippen LogP contribution in [0.2, 0.25) is 0 Å². The lowest BCUT2D eigenvalue weighted by Crippen LogP contribution is -2.31. The predicted molar refractivity (Wildman–Crippen MR) is 98.6 cm³/mol. The molecule has 6 nitrogen and oxygen atoms in total. The average molecular weight is 357 g/mol. The minimum absolute atomic E-state index is 0.264. The van der Waals surface area contributed by atoms with Crippen molar-refractivity contribution >= 4 is 17.6 Å². The second-order valence-electron chi connectivity index (χ2n) is 5.97. The van der Waals surface area contributed by atoms with E-state index in [2.05, 4.69) is 5.32 Å². The first kappa shape index (κ1) is 19.3. The summed E-state index contributed by atoms with van der Waals surface area (Å²) in [5, 5.41) is 2.67. The Kier molecular flexibility index (Phi) is 6.60. The van der Waals surface area contributed by atoms with E-state index in [1.54, 1.807) is 31.4 Å². The average Bonchev–Trinajstić information content (AvgIpc) is 2.59. The van der Waals surface area contributed by atoms with Gasteiger partial charge in [-0.25, -0.2) is 4.79 Å². The Balaban J connectivity index is 1.84. The van der Waals surface area contributed by atoms with Crippen molar-refractivity contribution in [2.75, 3.05) is 19.0 Å². The standard InChI is InChI=1S/C20H23NO5/c1-13-8-14(2)10-18(9-13)25-12-19(22)26-15(3)20(23)21-16-6-5-7-17(11-16)24-4/h5-11,15H,12H2,1-4H3,(H,21,23)/t15-/m1/s1. The maximum atomic E-state index is 12.1. The van der Waals surface area contributed by atoms with Gasteiger partial charge in [0.05, 0.1) is 7.11 Å². The molecule has 0 bridgehead atoms. The number of carbonyl (C=O) groups is 2. The van der Waals surface area contributed by atoms with E-state index in [-0.39, 0.29) is 6.61 Å². The molecule has 0 aliphatic rings. The van der Waals surface area contributed by atoms with Gasteiger partial charge in [0.15, 0.2) is 12.7 Å². The van der Waals surface area contributed by atoms with Crippen LogP contribution in [0.3, 0.4) is 0 Å². The fourth-order valence-electron chi connectivity index (χ4n) is 2.39. The SMILES string of the molecule is COc1cccc(NC(=O)[C@@H](C)OC(=O)COc2cc(C)cc(C)c2)c1. The van der Waals surface area contributed by atoms with Gasteiger partial charge in [0.25, 0.3) is 5.91 Å². The number of carbonyl (C=O) groups excluding carboxylic acids is 2. The number of hydrogen-bond acceptors (Lipinski definition) is 5. The Morgan fingerprint density at radius 3 is 2.38 bits per heavy atom. The molecule has 2 aromatic carbocycles. The van der Waals surface area contributed by atoms with E-state index in [0.29, 0.717) is 17.2 Å². The number of rotatable bonds is 7. The molecule has 0 heterocycles. The fraction of sp³-hybridized carbons (Fsp3) is 0.300. The third-order valence-electron chi connectivity index (χ3n) is 3.57. The van der Waals surface area contributed by atoms with Crippen LogP contribution in [0.15, 0.2) is 42.5 Å². The van der Waals surface area contributed by atoms with Gasteiger partial charge in [0, 0.05) is 11.8 Å². The molecule has 138 valence electrons. The molecule has 2 aromatic rings. The quantitative estimate of drug-likeness (QED) is 0.770. The van der Waals surface area contributed by atoms with E-state index in [4.69, 9.17) is 14.2 Å². The summed E-state index contributed by atoms with van der Waals surface area (Å²) < 4.78 is 15.7. The number of amides is 1. The van der Waals surface area contributed by atoms with E-state index in [1.807, 2.05) is 32.0 Å². The molecule has 0 aliphatic carbocycles. The Morgan fingerprint density at radius 2 is 1.73 bits per heavy atom. The predicted octanol–water partition coefficient (Wildman–Crippen LogP) is 3.26.